The van der Waals surface area contributed by atoms with Gasteiger partial charge < -0.3 is 5.73 Å². The van der Waals surface area contributed by atoms with E-state index in [0.29, 0.717) is 17.5 Å². The Morgan fingerprint density at radius 1 is 1.33 bits per heavy atom. The average molecular weight is 387 g/mol. The van der Waals surface area contributed by atoms with E-state index in [1.807, 2.05) is 24.3 Å². The molecule has 0 unspecified atom stereocenters. The molecule has 2 rings (SSSR count). The van der Waals surface area contributed by atoms with Crippen molar-refractivity contribution in [3.8, 4) is 0 Å². The van der Waals surface area contributed by atoms with Crippen LogP contribution < -0.4 is 5.73 Å². The summed E-state index contributed by atoms with van der Waals surface area (Å²) in [5.41, 5.74) is 6.93. The smallest absolute Gasteiger partial charge is 0.141 e. The van der Waals surface area contributed by atoms with E-state index >= 15 is 0 Å². The zero-order chi connectivity index (χ0) is 15.4. The Morgan fingerprint density at radius 3 is 2.76 bits per heavy atom. The van der Waals surface area contributed by atoms with Crippen molar-refractivity contribution in [2.45, 2.75) is 30.9 Å². The number of anilines is 1. The van der Waals surface area contributed by atoms with Gasteiger partial charge in [-0.25, -0.2) is 9.97 Å². The summed E-state index contributed by atoms with van der Waals surface area (Å²) in [6, 6.07) is 7.75. The summed E-state index contributed by atoms with van der Waals surface area (Å²) in [7, 11) is 0. The van der Waals surface area contributed by atoms with Gasteiger partial charge in [0.15, 0.2) is 0 Å². The number of nitrogens with two attached hydrogens (primary N) is 1. The van der Waals surface area contributed by atoms with Crippen molar-refractivity contribution < 1.29 is 0 Å². The molecule has 0 radical (unpaired) electrons. The molecular formula is C15H17BrClN3S. The lowest BCUT2D eigenvalue weighted by atomic mass is 10.1. The van der Waals surface area contributed by atoms with Crippen LogP contribution in [-0.2, 0) is 12.2 Å². The zero-order valence-electron chi connectivity index (χ0n) is 11.9. The standard InChI is InChI=1S/C15H17BrClN3S/c1-9(2)6-12-14(16)15(18)20-13(19-12)8-21-11-5-3-4-10(17)7-11/h3-5,7,9H,6,8H2,1-2H3,(H2,18,19,20). The number of nitrogen functional groups attached to an aromatic ring is 1. The quantitative estimate of drug-likeness (QED) is 0.737. The minimum atomic E-state index is 0.502. The van der Waals surface area contributed by atoms with Gasteiger partial charge in [0.25, 0.3) is 0 Å². The molecule has 0 aliphatic heterocycles. The Hall–Kier alpha value is -0.780. The summed E-state index contributed by atoms with van der Waals surface area (Å²) in [5, 5.41) is 0.733. The number of hydrogen-bond donors (Lipinski definition) is 1. The zero-order valence-corrected chi connectivity index (χ0v) is 15.1. The number of thioether (sulfide) groups is 1. The molecule has 0 bridgehead atoms. The van der Waals surface area contributed by atoms with Crippen LogP contribution in [0.25, 0.3) is 0 Å². The molecule has 0 spiro atoms. The maximum Gasteiger partial charge on any atom is 0.141 e. The van der Waals surface area contributed by atoms with E-state index in [2.05, 4.69) is 39.7 Å². The number of halogens is 2. The van der Waals surface area contributed by atoms with Crippen LogP contribution in [0.15, 0.2) is 33.6 Å². The van der Waals surface area contributed by atoms with E-state index in [0.717, 1.165) is 32.3 Å². The van der Waals surface area contributed by atoms with Gasteiger partial charge in [0, 0.05) is 9.92 Å². The average Bonchev–Trinajstić information content (AvgIpc) is 2.41. The second-order valence-corrected chi connectivity index (χ2v) is 7.41. The van der Waals surface area contributed by atoms with Crippen LogP contribution in [0.3, 0.4) is 0 Å². The number of hydrogen-bond acceptors (Lipinski definition) is 4. The summed E-state index contributed by atoms with van der Waals surface area (Å²) < 4.78 is 0.813. The number of aromatic nitrogens is 2. The molecule has 0 fully saturated rings. The molecule has 0 amide bonds. The summed E-state index contributed by atoms with van der Waals surface area (Å²) in [6.45, 7) is 4.32. The summed E-state index contributed by atoms with van der Waals surface area (Å²) in [4.78, 5) is 10.1. The first-order valence-corrected chi connectivity index (χ1v) is 8.80. The van der Waals surface area contributed by atoms with Crippen LogP contribution >= 0.6 is 39.3 Å². The van der Waals surface area contributed by atoms with Gasteiger partial charge in [-0.2, -0.15) is 0 Å². The van der Waals surface area contributed by atoms with Crippen LogP contribution in [0.2, 0.25) is 5.02 Å². The Kier molecular flexibility index (Phi) is 5.90. The van der Waals surface area contributed by atoms with Gasteiger partial charge in [-0.1, -0.05) is 31.5 Å². The highest BCUT2D eigenvalue weighted by Crippen LogP contribution is 2.27. The van der Waals surface area contributed by atoms with Gasteiger partial charge >= 0.3 is 0 Å². The summed E-state index contributed by atoms with van der Waals surface area (Å²) in [6.07, 6.45) is 0.877. The summed E-state index contributed by atoms with van der Waals surface area (Å²) >= 11 is 11.1. The molecule has 2 aromatic rings. The van der Waals surface area contributed by atoms with Crippen molar-refractivity contribution in [1.29, 1.82) is 0 Å². The first-order chi connectivity index (χ1) is 9.95. The van der Waals surface area contributed by atoms with Crippen LogP contribution in [0.4, 0.5) is 5.82 Å². The third-order valence-electron chi connectivity index (χ3n) is 2.76. The second-order valence-electron chi connectivity index (χ2n) is 5.13. The predicted molar refractivity (Wildman–Crippen MR) is 93.7 cm³/mol. The lowest BCUT2D eigenvalue weighted by Crippen LogP contribution is -2.07. The van der Waals surface area contributed by atoms with Crippen molar-refractivity contribution in [2.24, 2.45) is 5.92 Å². The topological polar surface area (TPSA) is 51.8 Å². The third-order valence-corrected chi connectivity index (χ3v) is 4.85. The molecular weight excluding hydrogens is 370 g/mol. The monoisotopic (exact) mass is 385 g/mol. The first kappa shape index (κ1) is 16.6. The van der Waals surface area contributed by atoms with Crippen molar-refractivity contribution in [3.63, 3.8) is 0 Å². The molecule has 6 heteroatoms. The molecule has 21 heavy (non-hydrogen) atoms. The number of nitrogens with zero attached hydrogens (tertiary/aromatic N) is 2. The van der Waals surface area contributed by atoms with Gasteiger partial charge in [0.1, 0.15) is 11.6 Å². The molecule has 112 valence electrons. The van der Waals surface area contributed by atoms with Crippen molar-refractivity contribution in [1.82, 2.24) is 9.97 Å². The lowest BCUT2D eigenvalue weighted by Gasteiger charge is -2.10. The van der Waals surface area contributed by atoms with Crippen LogP contribution in [0, 0.1) is 5.92 Å². The van der Waals surface area contributed by atoms with Gasteiger partial charge in [-0.3, -0.25) is 0 Å². The highest BCUT2D eigenvalue weighted by molar-refractivity contribution is 9.10. The largest absolute Gasteiger partial charge is 0.383 e. The molecule has 0 aliphatic carbocycles. The van der Waals surface area contributed by atoms with E-state index < -0.39 is 0 Å². The molecule has 0 saturated heterocycles. The SMILES string of the molecule is CC(C)Cc1nc(CSc2cccc(Cl)c2)nc(N)c1Br. The fourth-order valence-corrected chi connectivity index (χ4v) is 3.26. The second kappa shape index (κ2) is 7.47. The molecule has 1 heterocycles. The van der Waals surface area contributed by atoms with Crippen molar-refractivity contribution in [3.05, 3.63) is 45.3 Å². The van der Waals surface area contributed by atoms with Gasteiger partial charge in [0.05, 0.1) is 15.9 Å². The van der Waals surface area contributed by atoms with Crippen molar-refractivity contribution in [2.75, 3.05) is 5.73 Å². The third kappa shape index (κ3) is 4.87. The molecule has 0 aliphatic rings. The number of benzene rings is 1. The Balaban J connectivity index is 2.14. The fourth-order valence-electron chi connectivity index (χ4n) is 1.86. The molecule has 2 N–H and O–H groups in total. The van der Waals surface area contributed by atoms with E-state index in [4.69, 9.17) is 17.3 Å². The number of rotatable bonds is 5. The van der Waals surface area contributed by atoms with Gasteiger partial charge in [0.2, 0.25) is 0 Å². The Labute approximate surface area is 142 Å². The minimum Gasteiger partial charge on any atom is -0.383 e. The molecule has 0 atom stereocenters. The minimum absolute atomic E-state index is 0.502. The van der Waals surface area contributed by atoms with Gasteiger partial charge in [-0.15, -0.1) is 11.8 Å². The van der Waals surface area contributed by atoms with E-state index in [-0.39, 0.29) is 0 Å². The molecule has 1 aromatic carbocycles. The molecule has 3 nitrogen and oxygen atoms in total. The van der Waals surface area contributed by atoms with Crippen LogP contribution in [-0.4, -0.2) is 9.97 Å². The highest BCUT2D eigenvalue weighted by atomic mass is 79.9. The highest BCUT2D eigenvalue weighted by Gasteiger charge is 2.12. The van der Waals surface area contributed by atoms with E-state index in [1.54, 1.807) is 11.8 Å². The van der Waals surface area contributed by atoms with Crippen molar-refractivity contribution >= 4 is 45.1 Å². The lowest BCUT2D eigenvalue weighted by molar-refractivity contribution is 0.630. The van der Waals surface area contributed by atoms with Crippen LogP contribution in [0.1, 0.15) is 25.4 Å². The first-order valence-electron chi connectivity index (χ1n) is 6.65. The predicted octanol–water partition coefficient (Wildman–Crippen LogP) is 4.97. The van der Waals surface area contributed by atoms with Gasteiger partial charge in [-0.05, 0) is 46.5 Å². The van der Waals surface area contributed by atoms with E-state index in [9.17, 15) is 0 Å². The Bertz CT molecular complexity index is 634. The van der Waals surface area contributed by atoms with Crippen LogP contribution in [0.5, 0.6) is 0 Å². The maximum absolute atomic E-state index is 5.98. The molecule has 0 saturated carbocycles. The van der Waals surface area contributed by atoms with E-state index in [1.165, 1.54) is 0 Å². The molecule has 1 aromatic heterocycles. The summed E-state index contributed by atoms with van der Waals surface area (Å²) in [5.74, 6) is 2.44. The maximum atomic E-state index is 5.98. The Morgan fingerprint density at radius 2 is 2.10 bits per heavy atom. The fraction of sp³-hybridized carbons (Fsp3) is 0.333. The normalized spacial score (nSPS) is 11.1.